The molecule has 1 aliphatic carbocycles. The molecular formula is C14H12ClN5O4. The SMILES string of the molecule is Cn1nnnc1C(C=O)(C(=O)c1ccc(Cl)cc1[N+](=O)[O-])C1CC1. The summed E-state index contributed by atoms with van der Waals surface area (Å²) in [7, 11) is 1.51. The van der Waals surface area contributed by atoms with Gasteiger partial charge in [-0.15, -0.1) is 5.10 Å². The van der Waals surface area contributed by atoms with Crippen molar-refractivity contribution in [2.24, 2.45) is 13.0 Å². The molecule has 0 spiro atoms. The summed E-state index contributed by atoms with van der Waals surface area (Å²) >= 11 is 5.79. The molecule has 124 valence electrons. The third kappa shape index (κ3) is 2.37. The molecule has 1 unspecified atom stereocenters. The summed E-state index contributed by atoms with van der Waals surface area (Å²) in [5.41, 5.74) is -2.28. The molecule has 24 heavy (non-hydrogen) atoms. The Bertz CT molecular complexity index is 847. The van der Waals surface area contributed by atoms with Crippen LogP contribution in [-0.4, -0.2) is 37.2 Å². The number of nitro groups is 1. The van der Waals surface area contributed by atoms with Gasteiger partial charge in [0.15, 0.2) is 17.0 Å². The first-order valence-corrected chi connectivity index (χ1v) is 7.47. The largest absolute Gasteiger partial charge is 0.302 e. The van der Waals surface area contributed by atoms with E-state index in [-0.39, 0.29) is 22.3 Å². The molecular weight excluding hydrogens is 338 g/mol. The molecule has 1 saturated carbocycles. The third-order valence-electron chi connectivity index (χ3n) is 4.17. The number of tetrazole rings is 1. The number of ketones is 1. The molecule has 1 fully saturated rings. The van der Waals surface area contributed by atoms with Gasteiger partial charge in [0.2, 0.25) is 0 Å². The number of aryl methyl sites for hydroxylation is 1. The predicted octanol–water partition coefficient (Wildman–Crippen LogP) is 1.50. The van der Waals surface area contributed by atoms with E-state index in [0.717, 1.165) is 6.07 Å². The average Bonchev–Trinajstić information content (AvgIpc) is 3.31. The number of carbonyl (C=O) groups is 2. The van der Waals surface area contributed by atoms with Crippen LogP contribution in [0.3, 0.4) is 0 Å². The number of halogens is 1. The summed E-state index contributed by atoms with van der Waals surface area (Å²) in [6.07, 6.45) is 1.77. The molecule has 1 aromatic carbocycles. The monoisotopic (exact) mass is 349 g/mol. The number of hydrogen-bond acceptors (Lipinski definition) is 7. The van der Waals surface area contributed by atoms with Gasteiger partial charge in [-0.1, -0.05) is 11.6 Å². The van der Waals surface area contributed by atoms with Gasteiger partial charge < -0.3 is 4.79 Å². The number of carbonyl (C=O) groups excluding carboxylic acids is 2. The zero-order valence-corrected chi connectivity index (χ0v) is 13.3. The zero-order chi connectivity index (χ0) is 17.5. The van der Waals surface area contributed by atoms with E-state index in [9.17, 15) is 19.7 Å². The van der Waals surface area contributed by atoms with Gasteiger partial charge >= 0.3 is 0 Å². The minimum absolute atomic E-state index is 0.0780. The molecule has 0 aliphatic heterocycles. The lowest BCUT2D eigenvalue weighted by Gasteiger charge is -2.24. The van der Waals surface area contributed by atoms with Crippen LogP contribution in [0.15, 0.2) is 18.2 Å². The van der Waals surface area contributed by atoms with E-state index in [0.29, 0.717) is 19.1 Å². The van der Waals surface area contributed by atoms with Gasteiger partial charge in [-0.25, -0.2) is 4.68 Å². The number of nitro benzene ring substituents is 1. The van der Waals surface area contributed by atoms with Crippen LogP contribution in [-0.2, 0) is 17.3 Å². The van der Waals surface area contributed by atoms with E-state index in [1.807, 2.05) is 0 Å². The quantitative estimate of drug-likeness (QED) is 0.254. The maximum absolute atomic E-state index is 13.2. The summed E-state index contributed by atoms with van der Waals surface area (Å²) < 4.78 is 1.24. The van der Waals surface area contributed by atoms with Crippen LogP contribution in [0.5, 0.6) is 0 Å². The minimum atomic E-state index is -1.64. The first-order valence-electron chi connectivity index (χ1n) is 7.09. The maximum atomic E-state index is 13.2. The van der Waals surface area contributed by atoms with Crippen LogP contribution in [0, 0.1) is 16.0 Å². The molecule has 0 N–H and O–H groups in total. The summed E-state index contributed by atoms with van der Waals surface area (Å²) in [5.74, 6) is -0.905. The third-order valence-corrected chi connectivity index (χ3v) is 4.41. The molecule has 9 nitrogen and oxygen atoms in total. The van der Waals surface area contributed by atoms with Crippen molar-refractivity contribution in [2.45, 2.75) is 18.3 Å². The van der Waals surface area contributed by atoms with Crippen molar-refractivity contribution >= 4 is 29.4 Å². The molecule has 0 radical (unpaired) electrons. The van der Waals surface area contributed by atoms with E-state index >= 15 is 0 Å². The Morgan fingerprint density at radius 3 is 2.71 bits per heavy atom. The number of aldehydes is 1. The van der Waals surface area contributed by atoms with E-state index in [4.69, 9.17) is 11.6 Å². The van der Waals surface area contributed by atoms with Crippen LogP contribution in [0.4, 0.5) is 5.69 Å². The first kappa shape index (κ1) is 16.2. The van der Waals surface area contributed by atoms with Crippen LogP contribution in [0.25, 0.3) is 0 Å². The summed E-state index contributed by atoms with van der Waals surface area (Å²) in [6.45, 7) is 0. The lowest BCUT2D eigenvalue weighted by molar-refractivity contribution is -0.385. The van der Waals surface area contributed by atoms with E-state index in [2.05, 4.69) is 15.5 Å². The number of Topliss-reactive ketones (excluding diaryl/α,β-unsaturated/α-hetero) is 1. The van der Waals surface area contributed by atoms with Gasteiger partial charge in [-0.05, 0) is 41.3 Å². The molecule has 3 rings (SSSR count). The first-order chi connectivity index (χ1) is 11.4. The number of benzene rings is 1. The molecule has 0 bridgehead atoms. The lowest BCUT2D eigenvalue weighted by atomic mass is 9.76. The van der Waals surface area contributed by atoms with Crippen molar-refractivity contribution in [1.29, 1.82) is 0 Å². The van der Waals surface area contributed by atoms with Gasteiger partial charge in [0.25, 0.3) is 5.69 Å². The number of rotatable bonds is 6. The Morgan fingerprint density at radius 1 is 1.50 bits per heavy atom. The smallest absolute Gasteiger partial charge is 0.281 e. The molecule has 1 aromatic heterocycles. The van der Waals surface area contributed by atoms with Crippen LogP contribution in [0.2, 0.25) is 5.02 Å². The second-order valence-corrected chi connectivity index (χ2v) is 6.07. The van der Waals surface area contributed by atoms with Gasteiger partial charge in [-0.3, -0.25) is 14.9 Å². The fourth-order valence-corrected chi connectivity index (χ4v) is 3.03. The highest BCUT2D eigenvalue weighted by atomic mass is 35.5. The van der Waals surface area contributed by atoms with Crippen molar-refractivity contribution in [1.82, 2.24) is 20.2 Å². The number of nitrogens with zero attached hydrogens (tertiary/aromatic N) is 5. The van der Waals surface area contributed by atoms with Crippen LogP contribution < -0.4 is 0 Å². The Hall–Kier alpha value is -2.68. The highest BCUT2D eigenvalue weighted by Crippen LogP contribution is 2.48. The van der Waals surface area contributed by atoms with Gasteiger partial charge in [0, 0.05) is 18.1 Å². The number of aromatic nitrogens is 4. The summed E-state index contributed by atoms with van der Waals surface area (Å²) in [6, 6.07) is 3.72. The maximum Gasteiger partial charge on any atom is 0.281 e. The Kier molecular flexibility index (Phi) is 3.88. The van der Waals surface area contributed by atoms with E-state index < -0.39 is 21.8 Å². The second-order valence-electron chi connectivity index (χ2n) is 5.63. The molecule has 10 heteroatoms. The Labute approximate surface area is 140 Å². The molecule has 1 heterocycles. The molecule has 1 atom stereocenters. The van der Waals surface area contributed by atoms with Crippen LogP contribution in [0.1, 0.15) is 29.0 Å². The summed E-state index contributed by atoms with van der Waals surface area (Å²) in [4.78, 5) is 35.8. The van der Waals surface area contributed by atoms with Gasteiger partial charge in [0.1, 0.15) is 6.29 Å². The van der Waals surface area contributed by atoms with Crippen molar-refractivity contribution in [2.75, 3.05) is 0 Å². The minimum Gasteiger partial charge on any atom is -0.302 e. The van der Waals surface area contributed by atoms with Crippen molar-refractivity contribution in [3.05, 3.63) is 44.7 Å². The van der Waals surface area contributed by atoms with E-state index in [1.165, 1.54) is 23.9 Å². The highest BCUT2D eigenvalue weighted by Gasteiger charge is 2.56. The Balaban J connectivity index is 2.21. The molecule has 2 aromatic rings. The topological polar surface area (TPSA) is 121 Å². The Morgan fingerprint density at radius 2 is 2.21 bits per heavy atom. The van der Waals surface area contributed by atoms with Crippen molar-refractivity contribution < 1.29 is 14.5 Å². The molecule has 0 amide bonds. The average molecular weight is 350 g/mol. The fourth-order valence-electron chi connectivity index (χ4n) is 2.86. The summed E-state index contributed by atoms with van der Waals surface area (Å²) in [5, 5.41) is 22.4. The van der Waals surface area contributed by atoms with Crippen molar-refractivity contribution in [3.63, 3.8) is 0 Å². The second kappa shape index (κ2) is 5.75. The van der Waals surface area contributed by atoms with E-state index in [1.54, 1.807) is 0 Å². The molecule has 0 saturated heterocycles. The van der Waals surface area contributed by atoms with Gasteiger partial charge in [0.05, 0.1) is 10.5 Å². The zero-order valence-electron chi connectivity index (χ0n) is 12.5. The fraction of sp³-hybridized carbons (Fsp3) is 0.357. The number of hydrogen-bond donors (Lipinski definition) is 0. The predicted molar refractivity (Wildman–Crippen MR) is 81.7 cm³/mol. The van der Waals surface area contributed by atoms with Gasteiger partial charge in [-0.2, -0.15) is 0 Å². The normalized spacial score (nSPS) is 16.4. The molecule has 1 aliphatic rings. The highest BCUT2D eigenvalue weighted by molar-refractivity contribution is 6.31. The standard InChI is InChI=1S/C14H12ClN5O4/c1-19-13(16-17-18-19)14(7-21,8-2-3-8)12(22)10-5-4-9(15)6-11(10)20(23)24/h4-8H,2-3H2,1H3. The lowest BCUT2D eigenvalue weighted by Crippen LogP contribution is -2.42. The van der Waals surface area contributed by atoms with Crippen LogP contribution >= 0.6 is 11.6 Å². The van der Waals surface area contributed by atoms with Crippen molar-refractivity contribution in [3.8, 4) is 0 Å².